The number of hydrogen-bond acceptors (Lipinski definition) is 7. The predicted molar refractivity (Wildman–Crippen MR) is 129 cm³/mol. The maximum absolute atomic E-state index is 14.6. The van der Waals surface area contributed by atoms with E-state index in [4.69, 9.17) is 4.74 Å². The lowest BCUT2D eigenvalue weighted by Crippen LogP contribution is -2.27. The van der Waals surface area contributed by atoms with Crippen molar-refractivity contribution >= 4 is 46.2 Å². The molecule has 180 valence electrons. The molecule has 2 atom stereocenters. The zero-order valence-corrected chi connectivity index (χ0v) is 19.4. The smallest absolute Gasteiger partial charge is 0.414 e. The molecule has 0 radical (unpaired) electrons. The predicted octanol–water partition coefficient (Wildman–Crippen LogP) is 3.03. The average molecular weight is 496 g/mol. The van der Waals surface area contributed by atoms with Crippen LogP contribution in [0.3, 0.4) is 0 Å². The van der Waals surface area contributed by atoms with Crippen molar-refractivity contribution in [2.75, 3.05) is 29.1 Å². The lowest BCUT2D eigenvalue weighted by molar-refractivity contribution is -0.113. The summed E-state index contributed by atoms with van der Waals surface area (Å²) in [6.07, 6.45) is 1.87. The number of hydrogen-bond donors (Lipinski definition) is 2. The van der Waals surface area contributed by atoms with Crippen LogP contribution in [0.15, 0.2) is 46.2 Å². The number of benzene rings is 1. The first-order chi connectivity index (χ1) is 17.0. The third-order valence-electron chi connectivity index (χ3n) is 6.58. The number of anilines is 2. The van der Waals surface area contributed by atoms with Gasteiger partial charge in [0.15, 0.2) is 0 Å². The second-order valence-corrected chi connectivity index (χ2v) is 9.84. The van der Waals surface area contributed by atoms with Gasteiger partial charge in [0.25, 0.3) is 5.56 Å². The van der Waals surface area contributed by atoms with Crippen molar-refractivity contribution in [3.8, 4) is 0 Å². The molecule has 3 aliphatic rings. The molecule has 11 heteroatoms. The maximum atomic E-state index is 14.6. The van der Waals surface area contributed by atoms with E-state index < -0.39 is 11.9 Å². The number of thioether (sulfide) groups is 1. The summed E-state index contributed by atoms with van der Waals surface area (Å²) in [7, 11) is 0. The number of pyridine rings is 2. The number of ether oxygens (including phenoxy) is 1. The highest BCUT2D eigenvalue weighted by molar-refractivity contribution is 8.00. The Bertz CT molecular complexity index is 1430. The third kappa shape index (κ3) is 3.94. The largest absolute Gasteiger partial charge is 0.444 e. The van der Waals surface area contributed by atoms with Crippen LogP contribution in [-0.2, 0) is 16.1 Å². The summed E-state index contributed by atoms with van der Waals surface area (Å²) >= 11 is 1.47. The van der Waals surface area contributed by atoms with Gasteiger partial charge in [0.05, 0.1) is 41.3 Å². The van der Waals surface area contributed by atoms with Gasteiger partial charge in [-0.05, 0) is 43.7 Å². The minimum Gasteiger partial charge on any atom is -0.444 e. The van der Waals surface area contributed by atoms with E-state index in [0.717, 1.165) is 4.90 Å². The number of rotatable bonds is 6. The van der Waals surface area contributed by atoms with Crippen LogP contribution >= 0.6 is 11.8 Å². The van der Waals surface area contributed by atoms with Crippen LogP contribution in [0.25, 0.3) is 11.0 Å². The molecule has 1 saturated heterocycles. The molecule has 1 aromatic carbocycles. The number of aromatic nitrogens is 2. The first kappa shape index (κ1) is 22.1. The molecule has 0 spiro atoms. The van der Waals surface area contributed by atoms with E-state index in [9.17, 15) is 18.8 Å². The van der Waals surface area contributed by atoms with Gasteiger partial charge < -0.3 is 19.9 Å². The SMILES string of the molecule is O=C1CSc2ccc(N3C[C@H](CCCN[C@H]4Cn5c(=O)ccc6ncc(F)c4c65)OC3=O)cc2N1. The van der Waals surface area contributed by atoms with Gasteiger partial charge in [-0.1, -0.05) is 0 Å². The van der Waals surface area contributed by atoms with Crippen LogP contribution in [0, 0.1) is 5.82 Å². The number of cyclic esters (lactones) is 1. The van der Waals surface area contributed by atoms with Crippen molar-refractivity contribution < 1.29 is 18.7 Å². The van der Waals surface area contributed by atoms with Crippen LogP contribution in [0.2, 0.25) is 0 Å². The Morgan fingerprint density at radius 2 is 2.09 bits per heavy atom. The van der Waals surface area contributed by atoms with E-state index in [1.165, 1.54) is 24.0 Å². The average Bonchev–Trinajstić information content (AvgIpc) is 3.42. The Hall–Kier alpha value is -3.44. The minimum atomic E-state index is -0.424. The van der Waals surface area contributed by atoms with Gasteiger partial charge in [-0.3, -0.25) is 19.5 Å². The Labute approximate surface area is 203 Å². The zero-order chi connectivity index (χ0) is 24.1. The van der Waals surface area contributed by atoms with Crippen LogP contribution in [0.1, 0.15) is 24.4 Å². The molecular formula is C24H22FN5O4S. The third-order valence-corrected chi connectivity index (χ3v) is 7.65. The van der Waals surface area contributed by atoms with Crippen LogP contribution in [-0.4, -0.2) is 46.5 Å². The lowest BCUT2D eigenvalue weighted by atomic mass is 10.1. The van der Waals surface area contributed by atoms with Gasteiger partial charge in [-0.25, -0.2) is 9.18 Å². The minimum absolute atomic E-state index is 0.0587. The molecule has 2 amide bonds. The molecule has 2 aromatic heterocycles. The summed E-state index contributed by atoms with van der Waals surface area (Å²) in [6, 6.07) is 8.32. The molecule has 0 saturated carbocycles. The van der Waals surface area contributed by atoms with E-state index in [1.807, 2.05) is 12.1 Å². The van der Waals surface area contributed by atoms with Gasteiger partial charge in [0, 0.05) is 28.8 Å². The molecule has 1 fully saturated rings. The molecule has 3 aromatic rings. The number of halogens is 1. The molecule has 0 aliphatic carbocycles. The number of nitrogens with one attached hydrogen (secondary N) is 2. The summed E-state index contributed by atoms with van der Waals surface area (Å²) in [5, 5.41) is 6.19. The van der Waals surface area contributed by atoms with E-state index in [1.54, 1.807) is 21.6 Å². The molecule has 6 rings (SSSR count). The molecule has 5 heterocycles. The normalized spacial score (nSPS) is 20.8. The molecular weight excluding hydrogens is 473 g/mol. The van der Waals surface area contributed by atoms with E-state index in [0.29, 0.717) is 66.2 Å². The van der Waals surface area contributed by atoms with Gasteiger partial charge >= 0.3 is 6.09 Å². The Balaban J connectivity index is 1.06. The monoisotopic (exact) mass is 495 g/mol. The number of carbonyl (C=O) groups excluding carboxylic acids is 2. The summed E-state index contributed by atoms with van der Waals surface area (Å²) < 4.78 is 21.7. The van der Waals surface area contributed by atoms with Crippen molar-refractivity contribution in [1.29, 1.82) is 0 Å². The molecule has 35 heavy (non-hydrogen) atoms. The second-order valence-electron chi connectivity index (χ2n) is 8.82. The highest BCUT2D eigenvalue weighted by atomic mass is 32.2. The first-order valence-corrected chi connectivity index (χ1v) is 12.4. The van der Waals surface area contributed by atoms with Gasteiger partial charge in [0.2, 0.25) is 5.91 Å². The standard InChI is InChI=1S/C24H22FN5O4S/c25-15-9-27-16-4-6-21(32)30-11-18(22(15)23(16)30)26-7-1-2-14-10-29(24(33)34-14)13-3-5-19-17(8-13)28-20(31)12-35-19/h3-6,8-9,14,18,26H,1-2,7,10-12H2,(H,28,31)/t14-,18-/m0/s1. The van der Waals surface area contributed by atoms with Crippen molar-refractivity contribution in [1.82, 2.24) is 14.9 Å². The summed E-state index contributed by atoms with van der Waals surface area (Å²) in [5.74, 6) is -0.0974. The van der Waals surface area contributed by atoms with Crippen molar-refractivity contribution in [2.24, 2.45) is 0 Å². The van der Waals surface area contributed by atoms with Crippen molar-refractivity contribution in [2.45, 2.75) is 36.4 Å². The van der Waals surface area contributed by atoms with Gasteiger partial charge in [-0.2, -0.15) is 0 Å². The molecule has 2 N–H and O–H groups in total. The zero-order valence-electron chi connectivity index (χ0n) is 18.6. The van der Waals surface area contributed by atoms with Crippen LogP contribution in [0.5, 0.6) is 0 Å². The topological polar surface area (TPSA) is 106 Å². The Kier molecular flexibility index (Phi) is 5.45. The van der Waals surface area contributed by atoms with Crippen molar-refractivity contribution in [3.63, 3.8) is 0 Å². The fourth-order valence-electron chi connectivity index (χ4n) is 4.94. The maximum Gasteiger partial charge on any atom is 0.414 e. The number of nitrogens with zero attached hydrogens (tertiary/aromatic N) is 3. The number of fused-ring (bicyclic) bond motifs is 1. The molecule has 9 nitrogen and oxygen atoms in total. The molecule has 0 unspecified atom stereocenters. The van der Waals surface area contributed by atoms with Crippen LogP contribution in [0.4, 0.5) is 20.6 Å². The van der Waals surface area contributed by atoms with E-state index in [2.05, 4.69) is 15.6 Å². The quantitative estimate of drug-likeness (QED) is 0.507. The van der Waals surface area contributed by atoms with Crippen LogP contribution < -0.4 is 21.1 Å². The number of amides is 2. The van der Waals surface area contributed by atoms with E-state index in [-0.39, 0.29) is 23.6 Å². The summed E-state index contributed by atoms with van der Waals surface area (Å²) in [5.41, 5.74) is 2.85. The van der Waals surface area contributed by atoms with E-state index >= 15 is 0 Å². The van der Waals surface area contributed by atoms with Gasteiger partial charge in [-0.15, -0.1) is 11.8 Å². The fourth-order valence-corrected chi connectivity index (χ4v) is 5.73. The highest BCUT2D eigenvalue weighted by Crippen LogP contribution is 2.36. The van der Waals surface area contributed by atoms with Crippen molar-refractivity contribution in [3.05, 3.63) is 58.3 Å². The second kappa shape index (κ2) is 8.65. The summed E-state index contributed by atoms with van der Waals surface area (Å²) in [6.45, 7) is 1.35. The molecule has 3 aliphatic heterocycles. The van der Waals surface area contributed by atoms with Gasteiger partial charge in [0.1, 0.15) is 11.9 Å². The number of carbonyl (C=O) groups is 2. The summed E-state index contributed by atoms with van der Waals surface area (Å²) in [4.78, 5) is 43.1. The first-order valence-electron chi connectivity index (χ1n) is 11.4. The fraction of sp³-hybridized carbons (Fsp3) is 0.333. The highest BCUT2D eigenvalue weighted by Gasteiger charge is 2.33. The molecule has 0 bridgehead atoms. The lowest BCUT2D eigenvalue weighted by Gasteiger charge is -2.20. The Morgan fingerprint density at radius 1 is 1.20 bits per heavy atom. The Morgan fingerprint density at radius 3 is 2.97 bits per heavy atom.